The van der Waals surface area contributed by atoms with Crippen LogP contribution in [-0.4, -0.2) is 29.2 Å². The second-order valence-corrected chi connectivity index (χ2v) is 6.24. The lowest BCUT2D eigenvalue weighted by molar-refractivity contribution is -0.145. The summed E-state index contributed by atoms with van der Waals surface area (Å²) in [5.74, 6) is -1.95. The highest BCUT2D eigenvalue weighted by Crippen LogP contribution is 2.40. The largest absolute Gasteiger partial charge is 0.481 e. The molecule has 0 radical (unpaired) electrons. The highest BCUT2D eigenvalue weighted by atomic mass is 16.5. The van der Waals surface area contributed by atoms with Crippen LogP contribution >= 0.6 is 0 Å². The molecular weight excluding hydrogens is 334 g/mol. The molecule has 0 saturated carbocycles. The van der Waals surface area contributed by atoms with Crippen molar-refractivity contribution in [3.8, 4) is 11.5 Å². The van der Waals surface area contributed by atoms with Gasteiger partial charge in [-0.2, -0.15) is 0 Å². The van der Waals surface area contributed by atoms with Crippen molar-refractivity contribution < 1.29 is 24.2 Å². The quantitative estimate of drug-likeness (QED) is 0.809. The Kier molecular flexibility index (Phi) is 4.18. The molecule has 1 saturated heterocycles. The van der Waals surface area contributed by atoms with Gasteiger partial charge in [0.05, 0.1) is 23.8 Å². The first-order valence-electron chi connectivity index (χ1n) is 8.33. The minimum Gasteiger partial charge on any atom is -0.481 e. The van der Waals surface area contributed by atoms with E-state index < -0.39 is 35.9 Å². The number of ether oxygens (including phenoxy) is 2. The molecular formula is C20H17NO5. The van der Waals surface area contributed by atoms with E-state index in [2.05, 4.69) is 5.32 Å². The number of anilines is 1. The van der Waals surface area contributed by atoms with Crippen LogP contribution in [0.4, 0.5) is 5.69 Å². The fraction of sp³-hybridized carbons (Fsp3) is 0.200. The molecule has 2 aromatic carbocycles. The maximum absolute atomic E-state index is 12.8. The van der Waals surface area contributed by atoms with E-state index in [9.17, 15) is 14.7 Å². The molecule has 0 aromatic heterocycles. The van der Waals surface area contributed by atoms with Gasteiger partial charge in [-0.05, 0) is 24.3 Å². The summed E-state index contributed by atoms with van der Waals surface area (Å²) in [6.07, 6.45) is 2.40. The van der Waals surface area contributed by atoms with Crippen molar-refractivity contribution in [2.45, 2.75) is 12.2 Å². The Morgan fingerprint density at radius 2 is 1.58 bits per heavy atom. The third-order valence-corrected chi connectivity index (χ3v) is 4.60. The van der Waals surface area contributed by atoms with Crippen LogP contribution in [0.15, 0.2) is 66.7 Å². The van der Waals surface area contributed by atoms with Gasteiger partial charge in [0.25, 0.3) is 0 Å². The number of rotatable bonds is 5. The Morgan fingerprint density at radius 3 is 2.31 bits per heavy atom. The fourth-order valence-corrected chi connectivity index (χ4v) is 3.41. The first-order valence-corrected chi connectivity index (χ1v) is 8.33. The summed E-state index contributed by atoms with van der Waals surface area (Å²) in [7, 11) is 0. The van der Waals surface area contributed by atoms with E-state index >= 15 is 0 Å². The zero-order chi connectivity index (χ0) is 18.1. The second-order valence-electron chi connectivity index (χ2n) is 6.24. The van der Waals surface area contributed by atoms with Gasteiger partial charge in [-0.15, -0.1) is 0 Å². The van der Waals surface area contributed by atoms with Crippen molar-refractivity contribution in [3.63, 3.8) is 0 Å². The number of carbonyl (C=O) groups is 2. The van der Waals surface area contributed by atoms with Crippen molar-refractivity contribution in [2.24, 2.45) is 11.8 Å². The molecule has 4 atom stereocenters. The van der Waals surface area contributed by atoms with Crippen LogP contribution in [0.25, 0.3) is 0 Å². The van der Waals surface area contributed by atoms with Crippen LogP contribution in [-0.2, 0) is 14.3 Å². The van der Waals surface area contributed by atoms with Gasteiger partial charge in [-0.1, -0.05) is 42.5 Å². The Bertz CT molecular complexity index is 864. The molecule has 2 aliphatic heterocycles. The zero-order valence-electron chi connectivity index (χ0n) is 13.7. The number of amides is 1. The van der Waals surface area contributed by atoms with Gasteiger partial charge >= 0.3 is 5.97 Å². The number of nitrogens with one attached hydrogen (secondary N) is 1. The lowest BCUT2D eigenvalue weighted by atomic mass is 9.82. The van der Waals surface area contributed by atoms with Crippen LogP contribution in [0.5, 0.6) is 11.5 Å². The Balaban J connectivity index is 1.55. The summed E-state index contributed by atoms with van der Waals surface area (Å²) in [5, 5.41) is 12.3. The third kappa shape index (κ3) is 2.95. The van der Waals surface area contributed by atoms with E-state index in [1.165, 1.54) is 0 Å². The molecule has 0 spiro atoms. The van der Waals surface area contributed by atoms with Crippen molar-refractivity contribution in [1.82, 2.24) is 0 Å². The highest BCUT2D eigenvalue weighted by Gasteiger charge is 2.53. The molecule has 2 bridgehead atoms. The second kappa shape index (κ2) is 6.65. The maximum atomic E-state index is 12.8. The number of hydrogen-bond donors (Lipinski definition) is 2. The van der Waals surface area contributed by atoms with Gasteiger partial charge in [0.1, 0.15) is 11.7 Å². The molecule has 1 amide bonds. The van der Waals surface area contributed by atoms with Gasteiger partial charge < -0.3 is 19.9 Å². The number of carboxylic acid groups (broad SMARTS) is 1. The Hall–Kier alpha value is -3.12. The average Bonchev–Trinajstić information content (AvgIpc) is 3.25. The van der Waals surface area contributed by atoms with Crippen LogP contribution < -0.4 is 10.1 Å². The predicted molar refractivity (Wildman–Crippen MR) is 94.0 cm³/mol. The van der Waals surface area contributed by atoms with Crippen molar-refractivity contribution in [2.75, 3.05) is 5.32 Å². The molecule has 2 aromatic rings. The van der Waals surface area contributed by atoms with Crippen LogP contribution in [0, 0.1) is 11.8 Å². The molecule has 2 heterocycles. The van der Waals surface area contributed by atoms with Gasteiger partial charge in [0.2, 0.25) is 5.91 Å². The lowest BCUT2D eigenvalue weighted by Crippen LogP contribution is -2.39. The number of fused-ring (bicyclic) bond motifs is 2. The van der Waals surface area contributed by atoms with E-state index in [0.29, 0.717) is 17.2 Å². The number of benzene rings is 2. The standard InChI is InChI=1S/C20H17NO5/c22-19(17-15-10-11-16(26-15)18(17)20(23)24)21-13-8-4-5-9-14(13)25-12-6-2-1-3-7-12/h1-11,15-18H,(H,21,22)(H,23,24)/t15-,16+,17-,18+/m1/s1. The van der Waals surface area contributed by atoms with Gasteiger partial charge in [-0.3, -0.25) is 9.59 Å². The maximum Gasteiger partial charge on any atom is 0.310 e. The third-order valence-electron chi connectivity index (χ3n) is 4.60. The number of aliphatic carboxylic acids is 1. The molecule has 6 heteroatoms. The van der Waals surface area contributed by atoms with E-state index in [1.54, 1.807) is 36.4 Å². The molecule has 4 rings (SSSR count). The molecule has 6 nitrogen and oxygen atoms in total. The van der Waals surface area contributed by atoms with E-state index in [1.807, 2.05) is 30.3 Å². The number of carbonyl (C=O) groups excluding carboxylic acids is 1. The van der Waals surface area contributed by atoms with E-state index in [0.717, 1.165) is 0 Å². The summed E-state index contributed by atoms with van der Waals surface area (Å²) < 4.78 is 11.4. The molecule has 0 unspecified atom stereocenters. The topological polar surface area (TPSA) is 84.9 Å². The zero-order valence-corrected chi connectivity index (χ0v) is 13.7. The molecule has 2 N–H and O–H groups in total. The SMILES string of the molecule is O=C(O)[C@@H]1[C@H](C(=O)Nc2ccccc2Oc2ccccc2)[C@H]2C=C[C@@H]1O2. The van der Waals surface area contributed by atoms with E-state index in [4.69, 9.17) is 9.47 Å². The molecule has 26 heavy (non-hydrogen) atoms. The van der Waals surface area contributed by atoms with Crippen molar-refractivity contribution >= 4 is 17.6 Å². The number of carboxylic acids is 1. The molecule has 132 valence electrons. The Morgan fingerprint density at radius 1 is 0.923 bits per heavy atom. The monoisotopic (exact) mass is 351 g/mol. The summed E-state index contributed by atoms with van der Waals surface area (Å²) in [6, 6.07) is 16.3. The average molecular weight is 351 g/mol. The number of hydrogen-bond acceptors (Lipinski definition) is 4. The highest BCUT2D eigenvalue weighted by molar-refractivity contribution is 5.97. The fourth-order valence-electron chi connectivity index (χ4n) is 3.41. The minimum absolute atomic E-state index is 0.390. The first kappa shape index (κ1) is 16.4. The van der Waals surface area contributed by atoms with Gasteiger partial charge in [-0.25, -0.2) is 0 Å². The smallest absolute Gasteiger partial charge is 0.310 e. The van der Waals surface area contributed by atoms with Crippen molar-refractivity contribution in [3.05, 3.63) is 66.7 Å². The predicted octanol–water partition coefficient (Wildman–Crippen LogP) is 3.07. The van der Waals surface area contributed by atoms with Crippen molar-refractivity contribution in [1.29, 1.82) is 0 Å². The summed E-state index contributed by atoms with van der Waals surface area (Å²) in [5.41, 5.74) is 0.484. The minimum atomic E-state index is -1.03. The molecule has 1 fully saturated rings. The van der Waals surface area contributed by atoms with Gasteiger partial charge in [0, 0.05) is 0 Å². The summed E-state index contributed by atoms with van der Waals surface area (Å²) in [6.45, 7) is 0. The lowest BCUT2D eigenvalue weighted by Gasteiger charge is -2.21. The Labute approximate surface area is 150 Å². The van der Waals surface area contributed by atoms with Crippen LogP contribution in [0.3, 0.4) is 0 Å². The molecule has 0 aliphatic carbocycles. The molecule has 2 aliphatic rings. The van der Waals surface area contributed by atoms with Crippen LogP contribution in [0.1, 0.15) is 0 Å². The van der Waals surface area contributed by atoms with E-state index in [-0.39, 0.29) is 0 Å². The van der Waals surface area contributed by atoms with Crippen LogP contribution in [0.2, 0.25) is 0 Å². The van der Waals surface area contributed by atoms with Gasteiger partial charge in [0.15, 0.2) is 5.75 Å². The first-order chi connectivity index (χ1) is 12.6. The summed E-state index contributed by atoms with van der Waals surface area (Å²) >= 11 is 0. The normalized spacial score (nSPS) is 25.8. The summed E-state index contributed by atoms with van der Waals surface area (Å²) in [4.78, 5) is 24.3. The number of para-hydroxylation sites is 3.